The summed E-state index contributed by atoms with van der Waals surface area (Å²) < 4.78 is 34.2. The van der Waals surface area contributed by atoms with E-state index >= 15 is 0 Å². The zero-order valence-corrected chi connectivity index (χ0v) is 12.8. The lowest BCUT2D eigenvalue weighted by atomic mass is 10.2. The van der Waals surface area contributed by atoms with Crippen LogP contribution in [-0.2, 0) is 14.8 Å². The maximum absolute atomic E-state index is 12.0. The number of aromatic nitrogens is 2. The molecule has 1 aromatic carbocycles. The predicted molar refractivity (Wildman–Crippen MR) is 79.4 cm³/mol. The molecule has 0 bridgehead atoms. The van der Waals surface area contributed by atoms with Crippen LogP contribution in [0, 0.1) is 0 Å². The number of ether oxygens (including phenoxy) is 1. The van der Waals surface area contributed by atoms with Crippen molar-refractivity contribution in [3.05, 3.63) is 30.3 Å². The summed E-state index contributed by atoms with van der Waals surface area (Å²) in [7, 11) is -0.489. The Labute approximate surface area is 122 Å². The molecule has 0 amide bonds. The molecule has 0 aliphatic carbocycles. The first-order valence-corrected chi connectivity index (χ1v) is 8.27. The van der Waals surface area contributed by atoms with Crippen LogP contribution in [0.4, 0.5) is 5.13 Å². The number of hydrogen-bond acceptors (Lipinski definition) is 6. The minimum absolute atomic E-state index is 0.0831. The van der Waals surface area contributed by atoms with E-state index in [0.29, 0.717) is 11.0 Å². The van der Waals surface area contributed by atoms with Crippen LogP contribution >= 0.6 is 11.5 Å². The summed E-state index contributed by atoms with van der Waals surface area (Å²) in [5.74, 6) is 0.444. The lowest BCUT2D eigenvalue weighted by molar-refractivity contribution is 0.217. The fourth-order valence-electron chi connectivity index (χ4n) is 1.49. The van der Waals surface area contributed by atoms with Crippen molar-refractivity contribution >= 4 is 26.7 Å². The molecule has 8 heteroatoms. The summed E-state index contributed by atoms with van der Waals surface area (Å²) >= 11 is 1.06. The maximum Gasteiger partial charge on any atom is 0.238 e. The number of methoxy groups -OCH3 is 1. The van der Waals surface area contributed by atoms with Crippen LogP contribution in [0.2, 0.25) is 0 Å². The molecular weight excluding hydrogens is 298 g/mol. The summed E-state index contributed by atoms with van der Waals surface area (Å²) in [5.41, 5.74) is 0.859. The Morgan fingerprint density at radius 2 is 2.00 bits per heavy atom. The van der Waals surface area contributed by atoms with E-state index in [2.05, 4.69) is 9.36 Å². The lowest BCUT2D eigenvalue weighted by Crippen LogP contribution is -2.30. The molecule has 0 saturated carbocycles. The summed E-state index contributed by atoms with van der Waals surface area (Å²) in [6.45, 7) is 0.150. The first-order valence-electron chi connectivity index (χ1n) is 5.89. The van der Waals surface area contributed by atoms with Gasteiger partial charge in [-0.05, 0) is 0 Å². The topological polar surface area (TPSA) is 72.4 Å². The number of nitrogens with zero attached hydrogens (tertiary/aromatic N) is 3. The number of anilines is 1. The van der Waals surface area contributed by atoms with Gasteiger partial charge in [0.05, 0.1) is 12.4 Å². The Balaban J connectivity index is 2.21. The van der Waals surface area contributed by atoms with Crippen LogP contribution in [0.15, 0.2) is 30.3 Å². The van der Waals surface area contributed by atoms with Gasteiger partial charge in [-0.25, -0.2) is 12.7 Å². The third kappa shape index (κ3) is 3.33. The van der Waals surface area contributed by atoms with Gasteiger partial charge in [-0.15, -0.1) is 0 Å². The van der Waals surface area contributed by atoms with E-state index in [1.54, 1.807) is 0 Å². The molecule has 0 unspecified atom stereocenters. The molecule has 0 atom stereocenters. The van der Waals surface area contributed by atoms with Gasteiger partial charge in [-0.2, -0.15) is 9.36 Å². The third-order valence-electron chi connectivity index (χ3n) is 2.68. The van der Waals surface area contributed by atoms with Gasteiger partial charge in [0.25, 0.3) is 0 Å². The monoisotopic (exact) mass is 313 g/mol. The second-order valence-electron chi connectivity index (χ2n) is 4.04. The molecule has 1 heterocycles. The van der Waals surface area contributed by atoms with Crippen LogP contribution < -0.4 is 4.31 Å². The van der Waals surface area contributed by atoms with Gasteiger partial charge >= 0.3 is 0 Å². The Hall–Kier alpha value is -1.51. The lowest BCUT2D eigenvalue weighted by Gasteiger charge is -2.14. The van der Waals surface area contributed by atoms with Crippen molar-refractivity contribution in [3.8, 4) is 11.4 Å². The molecule has 0 fully saturated rings. The normalized spacial score (nSPS) is 11.5. The Morgan fingerprint density at radius 3 is 2.65 bits per heavy atom. The van der Waals surface area contributed by atoms with E-state index in [4.69, 9.17) is 4.74 Å². The molecule has 2 rings (SSSR count). The predicted octanol–water partition coefficient (Wildman–Crippen LogP) is 1.62. The molecule has 6 nitrogen and oxygen atoms in total. The molecule has 20 heavy (non-hydrogen) atoms. The van der Waals surface area contributed by atoms with Gasteiger partial charge in [0.1, 0.15) is 0 Å². The second kappa shape index (κ2) is 6.29. The van der Waals surface area contributed by atoms with E-state index in [1.165, 1.54) is 14.2 Å². The van der Waals surface area contributed by atoms with Crippen LogP contribution in [0.25, 0.3) is 11.4 Å². The van der Waals surface area contributed by atoms with Crippen molar-refractivity contribution in [2.75, 3.05) is 30.8 Å². The fraction of sp³-hybridized carbons (Fsp3) is 0.333. The van der Waals surface area contributed by atoms with Crippen molar-refractivity contribution in [1.82, 2.24) is 9.36 Å². The summed E-state index contributed by atoms with van der Waals surface area (Å²) in [6, 6.07) is 9.43. The van der Waals surface area contributed by atoms with E-state index in [9.17, 15) is 8.42 Å². The van der Waals surface area contributed by atoms with Crippen molar-refractivity contribution in [1.29, 1.82) is 0 Å². The Morgan fingerprint density at radius 1 is 1.30 bits per heavy atom. The largest absolute Gasteiger partial charge is 0.384 e. The molecule has 0 aliphatic heterocycles. The highest BCUT2D eigenvalue weighted by atomic mass is 32.2. The Kier molecular flexibility index (Phi) is 4.69. The number of benzene rings is 1. The van der Waals surface area contributed by atoms with Crippen LogP contribution in [0.3, 0.4) is 0 Å². The maximum atomic E-state index is 12.0. The molecule has 1 aromatic heterocycles. The zero-order chi connectivity index (χ0) is 14.6. The van der Waals surface area contributed by atoms with Gasteiger partial charge in [0.2, 0.25) is 15.2 Å². The highest BCUT2D eigenvalue weighted by Crippen LogP contribution is 2.24. The highest BCUT2D eigenvalue weighted by Gasteiger charge is 2.21. The molecule has 0 aliphatic rings. The average molecular weight is 313 g/mol. The van der Waals surface area contributed by atoms with E-state index < -0.39 is 10.0 Å². The molecule has 0 saturated heterocycles. The quantitative estimate of drug-likeness (QED) is 0.810. The minimum atomic E-state index is -3.43. The Bertz CT molecular complexity index is 656. The van der Waals surface area contributed by atoms with E-state index in [1.807, 2.05) is 30.3 Å². The van der Waals surface area contributed by atoms with Crippen molar-refractivity contribution < 1.29 is 13.2 Å². The molecule has 0 radical (unpaired) electrons. The SMILES string of the molecule is COCCS(=O)(=O)N(C)c1nc(-c2ccccc2)ns1. The molecular formula is C12H15N3O3S2. The van der Waals surface area contributed by atoms with Gasteiger partial charge < -0.3 is 4.74 Å². The summed E-state index contributed by atoms with van der Waals surface area (Å²) in [4.78, 5) is 4.27. The number of sulfonamides is 1. The highest BCUT2D eigenvalue weighted by molar-refractivity contribution is 7.92. The van der Waals surface area contributed by atoms with E-state index in [-0.39, 0.29) is 12.4 Å². The van der Waals surface area contributed by atoms with Crippen molar-refractivity contribution in [3.63, 3.8) is 0 Å². The van der Waals surface area contributed by atoms with Crippen molar-refractivity contribution in [2.24, 2.45) is 0 Å². The smallest absolute Gasteiger partial charge is 0.238 e. The summed E-state index contributed by atoms with van der Waals surface area (Å²) in [5, 5.41) is 0.347. The van der Waals surface area contributed by atoms with Crippen LogP contribution in [0.1, 0.15) is 0 Å². The van der Waals surface area contributed by atoms with Gasteiger partial charge in [0, 0.05) is 31.3 Å². The first-order chi connectivity index (χ1) is 9.54. The van der Waals surface area contributed by atoms with Crippen LogP contribution in [0.5, 0.6) is 0 Å². The summed E-state index contributed by atoms with van der Waals surface area (Å²) in [6.07, 6.45) is 0. The van der Waals surface area contributed by atoms with Gasteiger partial charge in [0.15, 0.2) is 5.82 Å². The average Bonchev–Trinajstić information content (AvgIpc) is 2.95. The zero-order valence-electron chi connectivity index (χ0n) is 11.2. The molecule has 0 spiro atoms. The second-order valence-corrected chi connectivity index (χ2v) is 6.89. The minimum Gasteiger partial charge on any atom is -0.384 e. The standard InChI is InChI=1S/C12H15N3O3S2/c1-15(20(16,17)9-8-18-2)12-13-11(14-19-12)10-6-4-3-5-7-10/h3-7H,8-9H2,1-2H3. The van der Waals surface area contributed by atoms with Crippen LogP contribution in [-0.4, -0.2) is 44.3 Å². The number of rotatable bonds is 6. The van der Waals surface area contributed by atoms with E-state index in [0.717, 1.165) is 21.4 Å². The third-order valence-corrected chi connectivity index (χ3v) is 5.28. The van der Waals surface area contributed by atoms with Crippen molar-refractivity contribution in [2.45, 2.75) is 0 Å². The number of hydrogen-bond donors (Lipinski definition) is 0. The van der Waals surface area contributed by atoms with Gasteiger partial charge in [-0.3, -0.25) is 0 Å². The molecule has 108 valence electrons. The van der Waals surface area contributed by atoms with Gasteiger partial charge in [-0.1, -0.05) is 30.3 Å². The fourth-order valence-corrected chi connectivity index (χ4v) is 3.42. The molecule has 2 aromatic rings. The first kappa shape index (κ1) is 14.9. The molecule has 0 N–H and O–H groups in total.